The molecule has 2 aliphatic heterocycles. The highest BCUT2D eigenvalue weighted by atomic mass is 16.6. The molecule has 4 atom stereocenters. The number of aliphatic hydroxyl groups excluding tert-OH is 1. The molecule has 2 saturated heterocycles. The molecule has 0 aromatic rings. The van der Waals surface area contributed by atoms with Gasteiger partial charge in [0.05, 0.1) is 19.3 Å². The lowest BCUT2D eigenvalue weighted by Crippen LogP contribution is -2.32. The molecule has 0 aliphatic carbocycles. The first-order chi connectivity index (χ1) is 5.33. The number of aliphatic hydroxyl groups is 1. The maximum Gasteiger partial charge on any atom is 0.283 e. The van der Waals surface area contributed by atoms with Crippen LogP contribution in [0.25, 0.3) is 0 Å². The molecule has 60 valence electrons. The zero-order valence-corrected chi connectivity index (χ0v) is 5.97. The van der Waals surface area contributed by atoms with Gasteiger partial charge in [0.15, 0.2) is 0 Å². The van der Waals surface area contributed by atoms with E-state index in [2.05, 4.69) is 4.65 Å². The van der Waals surface area contributed by atoms with Gasteiger partial charge in [-0.05, 0) is 0 Å². The van der Waals surface area contributed by atoms with Gasteiger partial charge in [-0.25, -0.2) is 0 Å². The van der Waals surface area contributed by atoms with E-state index in [4.69, 9.17) is 17.5 Å². The summed E-state index contributed by atoms with van der Waals surface area (Å²) in [5.41, 5.74) is 0. The molecule has 0 bridgehead atoms. The third-order valence-corrected chi connectivity index (χ3v) is 2.16. The van der Waals surface area contributed by atoms with Crippen LogP contribution in [0.2, 0.25) is 0 Å². The summed E-state index contributed by atoms with van der Waals surface area (Å²) in [7, 11) is 4.99. The third kappa shape index (κ3) is 1.08. The molecule has 11 heavy (non-hydrogen) atoms. The molecule has 5 heteroatoms. The summed E-state index contributed by atoms with van der Waals surface area (Å²) < 4.78 is 15.0. The fourth-order valence-electron chi connectivity index (χ4n) is 1.56. The van der Waals surface area contributed by atoms with Crippen LogP contribution in [0.5, 0.6) is 0 Å². The predicted molar refractivity (Wildman–Crippen MR) is 36.1 cm³/mol. The van der Waals surface area contributed by atoms with Crippen molar-refractivity contribution in [1.82, 2.24) is 0 Å². The van der Waals surface area contributed by atoms with Gasteiger partial charge in [0.1, 0.15) is 18.3 Å². The Kier molecular flexibility index (Phi) is 1.89. The first-order valence-corrected chi connectivity index (χ1v) is 3.59. The molecule has 2 rings (SSSR count). The summed E-state index contributed by atoms with van der Waals surface area (Å²) in [5, 5.41) is 9.27. The second kappa shape index (κ2) is 2.75. The van der Waals surface area contributed by atoms with Crippen LogP contribution in [-0.2, 0) is 14.1 Å². The summed E-state index contributed by atoms with van der Waals surface area (Å²) in [6.45, 7) is 0.720. The van der Waals surface area contributed by atoms with Crippen LogP contribution in [-0.4, -0.2) is 50.8 Å². The van der Waals surface area contributed by atoms with E-state index in [1.54, 1.807) is 0 Å². The fraction of sp³-hybridized carbons (Fsp3) is 1.00. The van der Waals surface area contributed by atoms with E-state index >= 15 is 0 Å². The van der Waals surface area contributed by atoms with Crippen LogP contribution in [0.3, 0.4) is 0 Å². The Bertz CT molecular complexity index is 154. The van der Waals surface area contributed by atoms with Gasteiger partial charge in [-0.2, -0.15) is 0 Å². The van der Waals surface area contributed by atoms with Crippen molar-refractivity contribution in [3.05, 3.63) is 0 Å². The molecule has 0 amide bonds. The van der Waals surface area contributed by atoms with Crippen molar-refractivity contribution in [1.29, 1.82) is 0 Å². The lowest BCUT2D eigenvalue weighted by Gasteiger charge is -2.13. The quantitative estimate of drug-likeness (QED) is 0.475. The second-order valence-corrected chi connectivity index (χ2v) is 2.84. The lowest BCUT2D eigenvalue weighted by molar-refractivity contribution is 0.0100. The highest BCUT2D eigenvalue weighted by Crippen LogP contribution is 2.27. The Hall–Kier alpha value is -0.0951. The Morgan fingerprint density at radius 2 is 2.00 bits per heavy atom. The van der Waals surface area contributed by atoms with E-state index in [1.165, 1.54) is 0 Å². The second-order valence-electron chi connectivity index (χ2n) is 2.84. The Balaban J connectivity index is 2.04. The topological polar surface area (TPSA) is 47.9 Å². The summed E-state index contributed by atoms with van der Waals surface area (Å²) in [4.78, 5) is 0. The first-order valence-electron chi connectivity index (χ1n) is 3.59. The van der Waals surface area contributed by atoms with Crippen LogP contribution < -0.4 is 0 Å². The molecule has 0 spiro atoms. The van der Waals surface area contributed by atoms with Gasteiger partial charge in [-0.15, -0.1) is 0 Å². The van der Waals surface area contributed by atoms with Crippen molar-refractivity contribution in [3.63, 3.8) is 0 Å². The molecule has 2 radical (unpaired) electrons. The van der Waals surface area contributed by atoms with Gasteiger partial charge >= 0.3 is 0 Å². The SMILES string of the molecule is [B]OC1COC2C(O)COC12. The molecular formula is C6H9BO4. The first kappa shape index (κ1) is 7.55. The molecule has 4 unspecified atom stereocenters. The number of hydrogen-bond acceptors (Lipinski definition) is 4. The van der Waals surface area contributed by atoms with E-state index in [1.807, 2.05) is 0 Å². The Labute approximate surface area is 65.9 Å². The van der Waals surface area contributed by atoms with E-state index < -0.39 is 6.10 Å². The lowest BCUT2D eigenvalue weighted by atomic mass is 10.1. The van der Waals surface area contributed by atoms with E-state index in [9.17, 15) is 5.11 Å². The van der Waals surface area contributed by atoms with Crippen LogP contribution in [0.4, 0.5) is 0 Å². The summed E-state index contributed by atoms with van der Waals surface area (Å²) in [5.74, 6) is 0. The number of rotatable bonds is 1. The molecule has 0 aromatic heterocycles. The predicted octanol–water partition coefficient (Wildman–Crippen LogP) is -1.39. The number of fused-ring (bicyclic) bond motifs is 1. The van der Waals surface area contributed by atoms with Gasteiger partial charge < -0.3 is 19.2 Å². The minimum Gasteiger partial charge on any atom is -0.440 e. The normalized spacial score (nSPS) is 49.5. The van der Waals surface area contributed by atoms with Gasteiger partial charge in [-0.3, -0.25) is 0 Å². The summed E-state index contributed by atoms with van der Waals surface area (Å²) in [6, 6.07) is 0. The highest BCUT2D eigenvalue weighted by molar-refractivity contribution is 5.98. The zero-order chi connectivity index (χ0) is 7.84. The largest absolute Gasteiger partial charge is 0.440 e. The summed E-state index contributed by atoms with van der Waals surface area (Å²) in [6.07, 6.45) is -1.18. The van der Waals surface area contributed by atoms with Gasteiger partial charge in [-0.1, -0.05) is 0 Å². The average molecular weight is 156 g/mol. The minimum atomic E-state index is -0.528. The van der Waals surface area contributed by atoms with Crippen molar-refractivity contribution in [2.75, 3.05) is 13.2 Å². The van der Waals surface area contributed by atoms with Crippen LogP contribution >= 0.6 is 0 Å². The molecule has 2 fully saturated rings. The zero-order valence-electron chi connectivity index (χ0n) is 5.97. The molecular weight excluding hydrogens is 147 g/mol. The van der Waals surface area contributed by atoms with Gasteiger partial charge in [0.25, 0.3) is 8.05 Å². The molecule has 2 aliphatic rings. The van der Waals surface area contributed by atoms with Crippen LogP contribution in [0, 0.1) is 0 Å². The fourth-order valence-corrected chi connectivity index (χ4v) is 1.56. The standard InChI is InChI=1S/C6H9BO4/c7-11-4-2-10-5-3(8)1-9-6(4)5/h3-6,8H,1-2H2. The average Bonchev–Trinajstić information content (AvgIpc) is 2.53. The minimum absolute atomic E-state index is 0.185. The highest BCUT2D eigenvalue weighted by Gasteiger charge is 2.46. The molecule has 4 nitrogen and oxygen atoms in total. The number of hydrogen-bond donors (Lipinski definition) is 1. The molecule has 0 saturated carbocycles. The molecule has 2 heterocycles. The Morgan fingerprint density at radius 3 is 2.73 bits per heavy atom. The summed E-state index contributed by atoms with van der Waals surface area (Å²) >= 11 is 0. The molecule has 0 aromatic carbocycles. The van der Waals surface area contributed by atoms with Crippen molar-refractivity contribution >= 4 is 8.05 Å². The van der Waals surface area contributed by atoms with Gasteiger partial charge in [0.2, 0.25) is 0 Å². The van der Waals surface area contributed by atoms with E-state index in [0.717, 1.165) is 0 Å². The maximum absolute atomic E-state index is 9.27. The molecule has 1 N–H and O–H groups in total. The van der Waals surface area contributed by atoms with Crippen molar-refractivity contribution in [2.24, 2.45) is 0 Å². The van der Waals surface area contributed by atoms with Crippen molar-refractivity contribution in [3.8, 4) is 0 Å². The maximum atomic E-state index is 9.27. The van der Waals surface area contributed by atoms with Crippen molar-refractivity contribution in [2.45, 2.75) is 24.4 Å². The Morgan fingerprint density at radius 1 is 1.27 bits per heavy atom. The third-order valence-electron chi connectivity index (χ3n) is 2.16. The van der Waals surface area contributed by atoms with E-state index in [-0.39, 0.29) is 18.3 Å². The smallest absolute Gasteiger partial charge is 0.283 e. The van der Waals surface area contributed by atoms with Crippen molar-refractivity contribution < 1.29 is 19.2 Å². The number of ether oxygens (including phenoxy) is 2. The van der Waals surface area contributed by atoms with Crippen LogP contribution in [0.15, 0.2) is 0 Å². The monoisotopic (exact) mass is 156 g/mol. The van der Waals surface area contributed by atoms with Crippen LogP contribution in [0.1, 0.15) is 0 Å². The van der Waals surface area contributed by atoms with Gasteiger partial charge in [0, 0.05) is 0 Å². The van der Waals surface area contributed by atoms with E-state index in [0.29, 0.717) is 13.2 Å².